The van der Waals surface area contributed by atoms with Gasteiger partial charge in [0, 0.05) is 44.1 Å². The van der Waals surface area contributed by atoms with Crippen LogP contribution in [0.15, 0.2) is 0 Å². The molecule has 4 saturated heterocycles. The van der Waals surface area contributed by atoms with E-state index in [2.05, 4.69) is 10.2 Å². The summed E-state index contributed by atoms with van der Waals surface area (Å²) < 4.78 is 16.9. The Kier molecular flexibility index (Phi) is 5.30. The van der Waals surface area contributed by atoms with Gasteiger partial charge >= 0.3 is 0 Å². The van der Waals surface area contributed by atoms with E-state index in [0.29, 0.717) is 63.9 Å². The molecule has 4 aliphatic heterocycles. The highest BCUT2D eigenvalue weighted by Gasteiger charge is 2.53. The fraction of sp³-hybridized carbons (Fsp3) is 0.900. The molecule has 0 radical (unpaired) electrons. The first-order valence-corrected chi connectivity index (χ1v) is 10.8. The van der Waals surface area contributed by atoms with Crippen LogP contribution in [0.25, 0.3) is 0 Å². The van der Waals surface area contributed by atoms with E-state index in [-0.39, 0.29) is 29.8 Å². The fourth-order valence-corrected chi connectivity index (χ4v) is 5.25. The minimum Gasteiger partial charge on any atom is -0.378 e. The van der Waals surface area contributed by atoms with Crippen LogP contribution in [0, 0.1) is 11.8 Å². The lowest BCUT2D eigenvalue weighted by molar-refractivity contribution is -0.138. The molecule has 1 saturated carbocycles. The van der Waals surface area contributed by atoms with Crippen LogP contribution in [0.1, 0.15) is 25.7 Å². The summed E-state index contributed by atoms with van der Waals surface area (Å²) in [6, 6.07) is 1.12. The molecule has 5 rings (SSSR count). The van der Waals surface area contributed by atoms with Crippen LogP contribution in [-0.4, -0.2) is 98.5 Å². The predicted molar refractivity (Wildman–Crippen MR) is 99.6 cm³/mol. The molecule has 1 aliphatic carbocycles. The van der Waals surface area contributed by atoms with E-state index in [1.807, 2.05) is 4.90 Å². The van der Waals surface area contributed by atoms with Crippen molar-refractivity contribution >= 4 is 11.8 Å². The number of hydrogen-bond donors (Lipinski definition) is 1. The molecule has 1 N–H and O–H groups in total. The predicted octanol–water partition coefficient (Wildman–Crippen LogP) is -0.382. The van der Waals surface area contributed by atoms with E-state index in [4.69, 9.17) is 14.2 Å². The molecule has 0 aromatic carbocycles. The second-order valence-corrected chi connectivity index (χ2v) is 8.91. The van der Waals surface area contributed by atoms with Gasteiger partial charge in [-0.2, -0.15) is 0 Å². The molecule has 156 valence electrons. The topological polar surface area (TPSA) is 80.3 Å². The normalized spacial score (nSPS) is 36.2. The summed E-state index contributed by atoms with van der Waals surface area (Å²) in [7, 11) is 0. The van der Waals surface area contributed by atoms with Gasteiger partial charge in [-0.05, 0) is 18.8 Å². The van der Waals surface area contributed by atoms with Crippen molar-refractivity contribution in [2.45, 2.75) is 49.9 Å². The van der Waals surface area contributed by atoms with Gasteiger partial charge in [-0.3, -0.25) is 14.5 Å². The molecule has 2 amide bonds. The molecule has 0 spiro atoms. The maximum atomic E-state index is 12.8. The lowest BCUT2D eigenvalue weighted by Gasteiger charge is -2.37. The van der Waals surface area contributed by atoms with E-state index < -0.39 is 0 Å². The first-order chi connectivity index (χ1) is 13.7. The van der Waals surface area contributed by atoms with Gasteiger partial charge in [0.2, 0.25) is 11.8 Å². The zero-order valence-corrected chi connectivity index (χ0v) is 16.4. The Morgan fingerprint density at radius 2 is 1.79 bits per heavy atom. The molecule has 5 aliphatic rings. The van der Waals surface area contributed by atoms with Crippen molar-refractivity contribution < 1.29 is 23.8 Å². The minimum absolute atomic E-state index is 0.0925. The van der Waals surface area contributed by atoms with E-state index in [9.17, 15) is 9.59 Å². The Morgan fingerprint density at radius 3 is 2.46 bits per heavy atom. The van der Waals surface area contributed by atoms with Gasteiger partial charge in [-0.1, -0.05) is 0 Å². The Balaban J connectivity index is 1.25. The third kappa shape index (κ3) is 3.79. The smallest absolute Gasteiger partial charge is 0.225 e. The molecule has 8 heteroatoms. The molecule has 4 heterocycles. The number of ether oxygens (including phenoxy) is 3. The van der Waals surface area contributed by atoms with Crippen molar-refractivity contribution in [3.63, 3.8) is 0 Å². The average molecular weight is 393 g/mol. The van der Waals surface area contributed by atoms with Crippen molar-refractivity contribution in [2.24, 2.45) is 11.8 Å². The number of rotatable bonds is 6. The van der Waals surface area contributed by atoms with E-state index in [1.54, 1.807) is 0 Å². The van der Waals surface area contributed by atoms with Crippen LogP contribution >= 0.6 is 0 Å². The first kappa shape index (κ1) is 18.8. The van der Waals surface area contributed by atoms with Crippen LogP contribution in [0.5, 0.6) is 0 Å². The van der Waals surface area contributed by atoms with Crippen molar-refractivity contribution in [1.82, 2.24) is 15.1 Å². The molecule has 5 fully saturated rings. The first-order valence-electron chi connectivity index (χ1n) is 10.8. The Hall–Kier alpha value is -1.22. The van der Waals surface area contributed by atoms with Gasteiger partial charge in [0.05, 0.1) is 51.6 Å². The van der Waals surface area contributed by atoms with Crippen molar-refractivity contribution in [3.8, 4) is 0 Å². The van der Waals surface area contributed by atoms with Crippen LogP contribution in [0.4, 0.5) is 0 Å². The van der Waals surface area contributed by atoms with Gasteiger partial charge in [0.25, 0.3) is 0 Å². The second kappa shape index (κ2) is 7.89. The number of likely N-dealkylation sites (tertiary alicyclic amines) is 1. The molecule has 8 nitrogen and oxygen atoms in total. The minimum atomic E-state index is -0.0925. The average Bonchev–Trinajstić information content (AvgIpc) is 3.26. The summed E-state index contributed by atoms with van der Waals surface area (Å²) in [6.45, 7) is 5.65. The van der Waals surface area contributed by atoms with Crippen LogP contribution in [0.2, 0.25) is 0 Å². The van der Waals surface area contributed by atoms with Crippen molar-refractivity contribution in [1.29, 1.82) is 0 Å². The van der Waals surface area contributed by atoms with Crippen LogP contribution in [0.3, 0.4) is 0 Å². The Labute approximate surface area is 165 Å². The molecular formula is C20H31N3O5. The largest absolute Gasteiger partial charge is 0.378 e. The highest BCUT2D eigenvalue weighted by molar-refractivity contribution is 5.78. The standard InChI is InChI=1S/C20H31N3O5/c24-18(21-14-1-2-14)7-13-9-23(15-10-27-11-15)16-12-28-17(20(13)16)8-19(25)22-3-5-26-6-4-22/h13-17,20H,1-12H2,(H,21,24)/t13-,16-,17+,20-/m1/s1. The summed E-state index contributed by atoms with van der Waals surface area (Å²) in [4.78, 5) is 29.7. The van der Waals surface area contributed by atoms with Gasteiger partial charge < -0.3 is 24.4 Å². The highest BCUT2D eigenvalue weighted by Crippen LogP contribution is 2.43. The van der Waals surface area contributed by atoms with Crippen molar-refractivity contribution in [3.05, 3.63) is 0 Å². The summed E-state index contributed by atoms with van der Waals surface area (Å²) >= 11 is 0. The number of fused-ring (bicyclic) bond motifs is 1. The number of nitrogens with one attached hydrogen (secondary N) is 1. The molecular weight excluding hydrogens is 362 g/mol. The molecule has 0 bridgehead atoms. The molecule has 28 heavy (non-hydrogen) atoms. The van der Waals surface area contributed by atoms with E-state index in [0.717, 1.165) is 32.6 Å². The maximum Gasteiger partial charge on any atom is 0.225 e. The SMILES string of the molecule is O=C(C[C@@H]1CN(C2COC2)[C@@H]2CO[C@@H](CC(=O)N3CCOCC3)[C@H]12)NC1CC1. The Bertz CT molecular complexity index is 603. The molecule has 0 aromatic rings. The zero-order chi connectivity index (χ0) is 19.1. The summed E-state index contributed by atoms with van der Waals surface area (Å²) in [5.74, 6) is 0.800. The zero-order valence-electron chi connectivity index (χ0n) is 16.4. The number of hydrogen-bond acceptors (Lipinski definition) is 6. The number of carbonyl (C=O) groups excluding carboxylic acids is 2. The number of carbonyl (C=O) groups is 2. The third-order valence-corrected chi connectivity index (χ3v) is 6.99. The monoisotopic (exact) mass is 393 g/mol. The third-order valence-electron chi connectivity index (χ3n) is 6.99. The van der Waals surface area contributed by atoms with Gasteiger partial charge in [-0.25, -0.2) is 0 Å². The van der Waals surface area contributed by atoms with Gasteiger partial charge in [0.1, 0.15) is 0 Å². The van der Waals surface area contributed by atoms with Crippen LogP contribution < -0.4 is 5.32 Å². The number of nitrogens with zero attached hydrogens (tertiary/aromatic N) is 2. The lowest BCUT2D eigenvalue weighted by Crippen LogP contribution is -2.52. The van der Waals surface area contributed by atoms with Gasteiger partial charge in [0.15, 0.2) is 0 Å². The maximum absolute atomic E-state index is 12.8. The quantitative estimate of drug-likeness (QED) is 0.663. The van der Waals surface area contributed by atoms with Gasteiger partial charge in [-0.15, -0.1) is 0 Å². The lowest BCUT2D eigenvalue weighted by atomic mass is 9.84. The fourth-order valence-electron chi connectivity index (χ4n) is 5.25. The Morgan fingerprint density at radius 1 is 1.00 bits per heavy atom. The summed E-state index contributed by atoms with van der Waals surface area (Å²) in [5, 5.41) is 3.13. The van der Waals surface area contributed by atoms with E-state index >= 15 is 0 Å². The number of morpholine rings is 1. The van der Waals surface area contributed by atoms with E-state index in [1.165, 1.54) is 0 Å². The molecule has 0 aromatic heterocycles. The summed E-state index contributed by atoms with van der Waals surface area (Å²) in [5.41, 5.74) is 0. The second-order valence-electron chi connectivity index (χ2n) is 8.91. The number of amides is 2. The van der Waals surface area contributed by atoms with Crippen molar-refractivity contribution in [2.75, 3.05) is 52.7 Å². The molecule has 0 unspecified atom stereocenters. The highest BCUT2D eigenvalue weighted by atomic mass is 16.5. The summed E-state index contributed by atoms with van der Waals surface area (Å²) in [6.07, 6.45) is 3.07. The van der Waals surface area contributed by atoms with Crippen LogP contribution in [-0.2, 0) is 23.8 Å². The molecule has 4 atom stereocenters.